The fraction of sp³-hybridized carbons (Fsp3) is 0.882. The predicted octanol–water partition coefficient (Wildman–Crippen LogP) is 3.17. The monoisotopic (exact) mass is 346 g/mol. The second kappa shape index (κ2) is 10.4. The lowest BCUT2D eigenvalue weighted by Gasteiger charge is -2.27. The molecule has 24 heavy (non-hydrogen) atoms. The van der Waals surface area contributed by atoms with Crippen LogP contribution in [0, 0.1) is 0 Å². The van der Waals surface area contributed by atoms with E-state index in [1.807, 2.05) is 41.5 Å². The van der Waals surface area contributed by atoms with Gasteiger partial charge in [-0.15, -0.1) is 0 Å². The summed E-state index contributed by atoms with van der Waals surface area (Å²) in [7, 11) is 1.63. The molecule has 0 aromatic rings. The normalized spacial score (nSPS) is 11.8. The van der Waals surface area contributed by atoms with Crippen LogP contribution in [0.5, 0.6) is 0 Å². The second-order valence-electron chi connectivity index (χ2n) is 7.60. The molecule has 0 unspecified atom stereocenters. The molecule has 0 aliphatic heterocycles. The quantitative estimate of drug-likeness (QED) is 0.683. The average molecular weight is 346 g/mol. The first kappa shape index (κ1) is 22.5. The molecule has 1 N–H and O–H groups in total. The maximum Gasteiger partial charge on any atom is 0.410 e. The standard InChI is InChI=1S/C17H34N2O5/c1-16(2,3)23-14(20)18-10-8-11-19(12-9-13-22-7)15(21)24-17(4,5)6/h8-13H2,1-7H3,(H,18,20). The van der Waals surface area contributed by atoms with Gasteiger partial charge < -0.3 is 24.4 Å². The molecule has 0 aliphatic rings. The zero-order valence-electron chi connectivity index (χ0n) is 16.2. The summed E-state index contributed by atoms with van der Waals surface area (Å²) < 4.78 is 15.6. The predicted molar refractivity (Wildman–Crippen MR) is 93.2 cm³/mol. The molecule has 0 spiro atoms. The Labute approximate surface area is 146 Å². The Morgan fingerprint density at radius 1 is 0.917 bits per heavy atom. The molecule has 0 fully saturated rings. The molecule has 0 radical (unpaired) electrons. The van der Waals surface area contributed by atoms with E-state index in [0.717, 1.165) is 6.42 Å². The number of rotatable bonds is 8. The third-order valence-corrected chi connectivity index (χ3v) is 2.70. The fourth-order valence-electron chi connectivity index (χ4n) is 1.80. The van der Waals surface area contributed by atoms with Crippen molar-refractivity contribution in [2.45, 2.75) is 65.6 Å². The summed E-state index contributed by atoms with van der Waals surface area (Å²) in [6.07, 6.45) is 0.544. The van der Waals surface area contributed by atoms with Crippen molar-refractivity contribution < 1.29 is 23.8 Å². The molecule has 0 aliphatic carbocycles. The fourth-order valence-corrected chi connectivity index (χ4v) is 1.80. The van der Waals surface area contributed by atoms with E-state index in [2.05, 4.69) is 5.32 Å². The first-order valence-electron chi connectivity index (χ1n) is 8.38. The topological polar surface area (TPSA) is 77.1 Å². The number of ether oxygens (including phenoxy) is 3. The SMILES string of the molecule is COCCCN(CCCNC(=O)OC(C)(C)C)C(=O)OC(C)(C)C. The molecule has 2 amide bonds. The third kappa shape index (κ3) is 13.0. The van der Waals surface area contributed by atoms with E-state index in [1.165, 1.54) is 0 Å². The number of hydrogen-bond donors (Lipinski definition) is 1. The molecule has 0 heterocycles. The Morgan fingerprint density at radius 2 is 1.46 bits per heavy atom. The van der Waals surface area contributed by atoms with E-state index in [9.17, 15) is 9.59 Å². The summed E-state index contributed by atoms with van der Waals surface area (Å²) in [4.78, 5) is 25.4. The largest absolute Gasteiger partial charge is 0.444 e. The Hall–Kier alpha value is -1.50. The molecule has 0 saturated carbocycles. The summed E-state index contributed by atoms with van der Waals surface area (Å²) in [5.74, 6) is 0. The second-order valence-corrected chi connectivity index (χ2v) is 7.60. The molecule has 0 aromatic heterocycles. The minimum Gasteiger partial charge on any atom is -0.444 e. The Bertz CT molecular complexity index is 385. The van der Waals surface area contributed by atoms with E-state index in [4.69, 9.17) is 14.2 Å². The van der Waals surface area contributed by atoms with Gasteiger partial charge in [0.2, 0.25) is 0 Å². The van der Waals surface area contributed by atoms with Crippen LogP contribution in [0.25, 0.3) is 0 Å². The van der Waals surface area contributed by atoms with Crippen molar-refractivity contribution in [3.05, 3.63) is 0 Å². The number of carbonyl (C=O) groups excluding carboxylic acids is 2. The van der Waals surface area contributed by atoms with Crippen molar-refractivity contribution in [2.75, 3.05) is 33.4 Å². The first-order valence-corrected chi connectivity index (χ1v) is 8.38. The molecule has 7 heteroatoms. The highest BCUT2D eigenvalue weighted by Crippen LogP contribution is 2.11. The Morgan fingerprint density at radius 3 is 1.96 bits per heavy atom. The van der Waals surface area contributed by atoms with Crippen LogP contribution < -0.4 is 5.32 Å². The van der Waals surface area contributed by atoms with Crippen molar-refractivity contribution in [3.63, 3.8) is 0 Å². The summed E-state index contributed by atoms with van der Waals surface area (Å²) in [5, 5.41) is 2.68. The third-order valence-electron chi connectivity index (χ3n) is 2.70. The van der Waals surface area contributed by atoms with Crippen LogP contribution in [-0.4, -0.2) is 61.6 Å². The molecule has 0 bridgehead atoms. The maximum absolute atomic E-state index is 12.2. The van der Waals surface area contributed by atoms with Crippen molar-refractivity contribution >= 4 is 12.2 Å². The van der Waals surface area contributed by atoms with Gasteiger partial charge in [0.1, 0.15) is 11.2 Å². The number of alkyl carbamates (subject to hydrolysis) is 1. The van der Waals surface area contributed by atoms with Crippen molar-refractivity contribution in [3.8, 4) is 0 Å². The minimum absolute atomic E-state index is 0.351. The molecule has 0 saturated heterocycles. The molecule has 0 atom stereocenters. The highest BCUT2D eigenvalue weighted by Gasteiger charge is 2.22. The van der Waals surface area contributed by atoms with Gasteiger partial charge in [0.05, 0.1) is 0 Å². The Kier molecular flexibility index (Phi) is 9.73. The van der Waals surface area contributed by atoms with Crippen LogP contribution in [0.3, 0.4) is 0 Å². The lowest BCUT2D eigenvalue weighted by atomic mass is 10.2. The van der Waals surface area contributed by atoms with Gasteiger partial charge in [0, 0.05) is 33.4 Å². The molecule has 0 aromatic carbocycles. The minimum atomic E-state index is -0.536. The number of nitrogens with one attached hydrogen (secondary N) is 1. The van der Waals surface area contributed by atoms with E-state index in [-0.39, 0.29) is 6.09 Å². The van der Waals surface area contributed by atoms with Crippen molar-refractivity contribution in [1.82, 2.24) is 10.2 Å². The van der Waals surface area contributed by atoms with Crippen molar-refractivity contribution in [1.29, 1.82) is 0 Å². The highest BCUT2D eigenvalue weighted by molar-refractivity contribution is 5.68. The van der Waals surface area contributed by atoms with E-state index < -0.39 is 17.3 Å². The highest BCUT2D eigenvalue weighted by atomic mass is 16.6. The van der Waals surface area contributed by atoms with Crippen LogP contribution >= 0.6 is 0 Å². The van der Waals surface area contributed by atoms with Gasteiger partial charge in [-0.25, -0.2) is 9.59 Å². The number of carbonyl (C=O) groups is 2. The summed E-state index contributed by atoms with van der Waals surface area (Å²) >= 11 is 0. The summed E-state index contributed by atoms with van der Waals surface area (Å²) in [6, 6.07) is 0. The van der Waals surface area contributed by atoms with Crippen molar-refractivity contribution in [2.24, 2.45) is 0 Å². The van der Waals surface area contributed by atoms with Gasteiger partial charge in [-0.2, -0.15) is 0 Å². The first-order chi connectivity index (χ1) is 10.9. The molecule has 142 valence electrons. The molecular weight excluding hydrogens is 312 g/mol. The lowest BCUT2D eigenvalue weighted by Crippen LogP contribution is -2.39. The molecular formula is C17H34N2O5. The molecule has 7 nitrogen and oxygen atoms in total. The van der Waals surface area contributed by atoms with Crippen LogP contribution in [0.15, 0.2) is 0 Å². The van der Waals surface area contributed by atoms with Crippen LogP contribution in [-0.2, 0) is 14.2 Å². The van der Waals surface area contributed by atoms with Gasteiger partial charge in [-0.1, -0.05) is 0 Å². The maximum atomic E-state index is 12.2. The number of nitrogens with zero attached hydrogens (tertiary/aromatic N) is 1. The Balaban J connectivity index is 4.30. The van der Waals surface area contributed by atoms with E-state index >= 15 is 0 Å². The van der Waals surface area contributed by atoms with Gasteiger partial charge >= 0.3 is 12.2 Å². The zero-order valence-corrected chi connectivity index (χ0v) is 16.2. The van der Waals surface area contributed by atoms with E-state index in [1.54, 1.807) is 12.0 Å². The van der Waals surface area contributed by atoms with Gasteiger partial charge in [-0.05, 0) is 54.4 Å². The van der Waals surface area contributed by atoms with E-state index in [0.29, 0.717) is 32.7 Å². The number of amides is 2. The van der Waals surface area contributed by atoms with Crippen LogP contribution in [0.1, 0.15) is 54.4 Å². The van der Waals surface area contributed by atoms with Gasteiger partial charge in [-0.3, -0.25) is 0 Å². The van der Waals surface area contributed by atoms with Gasteiger partial charge in [0.25, 0.3) is 0 Å². The van der Waals surface area contributed by atoms with Gasteiger partial charge in [0.15, 0.2) is 0 Å². The number of methoxy groups -OCH3 is 1. The summed E-state index contributed by atoms with van der Waals surface area (Å²) in [6.45, 7) is 13.0. The molecule has 0 rings (SSSR count). The smallest absolute Gasteiger partial charge is 0.410 e. The summed E-state index contributed by atoms with van der Waals surface area (Å²) in [5.41, 5.74) is -1.06. The van der Waals surface area contributed by atoms with Crippen LogP contribution in [0.4, 0.5) is 9.59 Å². The van der Waals surface area contributed by atoms with Crippen LogP contribution in [0.2, 0.25) is 0 Å². The number of hydrogen-bond acceptors (Lipinski definition) is 5. The zero-order chi connectivity index (χ0) is 18.8. The average Bonchev–Trinajstić information content (AvgIpc) is 2.37. The lowest BCUT2D eigenvalue weighted by molar-refractivity contribution is 0.0233.